The highest BCUT2D eigenvalue weighted by Gasteiger charge is 2.24. The number of likely N-dealkylation sites (tertiary alicyclic amines) is 1. The average Bonchev–Trinajstić information content (AvgIpc) is 3.12. The Morgan fingerprint density at radius 1 is 1.18 bits per heavy atom. The molecular weight excluding hydrogens is 392 g/mol. The zero-order chi connectivity index (χ0) is 19.1. The molecule has 5 nitrogen and oxygen atoms in total. The van der Waals surface area contributed by atoms with Crippen molar-refractivity contribution in [3.8, 4) is 0 Å². The van der Waals surface area contributed by atoms with Crippen molar-refractivity contribution in [2.75, 3.05) is 13.1 Å². The first kappa shape index (κ1) is 17.8. The minimum absolute atomic E-state index is 0.114. The van der Waals surface area contributed by atoms with Crippen molar-refractivity contribution in [3.63, 3.8) is 0 Å². The lowest BCUT2D eigenvalue weighted by Crippen LogP contribution is -2.35. The number of halogens is 1. The molecule has 0 radical (unpaired) electrons. The number of aromatic nitrogens is 3. The van der Waals surface area contributed by atoms with Crippen molar-refractivity contribution in [3.05, 3.63) is 68.7 Å². The van der Waals surface area contributed by atoms with Crippen molar-refractivity contribution in [1.29, 1.82) is 0 Å². The van der Waals surface area contributed by atoms with E-state index in [1.54, 1.807) is 29.5 Å². The zero-order valence-corrected chi connectivity index (χ0v) is 16.8. The van der Waals surface area contributed by atoms with E-state index in [1.807, 2.05) is 6.07 Å². The molecule has 2 aromatic carbocycles. The van der Waals surface area contributed by atoms with Gasteiger partial charge in [-0.15, -0.1) is 11.3 Å². The van der Waals surface area contributed by atoms with E-state index in [9.17, 15) is 4.79 Å². The van der Waals surface area contributed by atoms with Gasteiger partial charge in [-0.3, -0.25) is 9.69 Å². The molecule has 0 bridgehead atoms. The van der Waals surface area contributed by atoms with Crippen LogP contribution in [0.1, 0.15) is 29.6 Å². The summed E-state index contributed by atoms with van der Waals surface area (Å²) in [5.41, 5.74) is 1.61. The standard InChI is InChI=1S/C21H19ClN4OS/c22-14-7-8-15-17(10-14)23-19(25-20(15)27)12-26-9-3-4-13(11-26)21-24-16-5-1-2-6-18(16)28-21/h1-2,5-8,10,13H,3-4,9,11-12H2,(H,23,25,27). The topological polar surface area (TPSA) is 61.9 Å². The lowest BCUT2D eigenvalue weighted by molar-refractivity contribution is 0.196. The van der Waals surface area contributed by atoms with Gasteiger partial charge in [0.15, 0.2) is 0 Å². The van der Waals surface area contributed by atoms with Gasteiger partial charge in [0.2, 0.25) is 0 Å². The second kappa shape index (κ2) is 7.28. The molecule has 142 valence electrons. The molecule has 0 amide bonds. The molecule has 1 saturated heterocycles. The molecule has 28 heavy (non-hydrogen) atoms. The number of nitrogens with one attached hydrogen (secondary N) is 1. The minimum atomic E-state index is -0.114. The summed E-state index contributed by atoms with van der Waals surface area (Å²) < 4.78 is 1.24. The van der Waals surface area contributed by atoms with E-state index < -0.39 is 0 Å². The normalized spacial score (nSPS) is 18.1. The van der Waals surface area contributed by atoms with Gasteiger partial charge >= 0.3 is 0 Å². The van der Waals surface area contributed by atoms with Crippen LogP contribution in [0.4, 0.5) is 0 Å². The van der Waals surface area contributed by atoms with Gasteiger partial charge in [-0.1, -0.05) is 23.7 Å². The van der Waals surface area contributed by atoms with E-state index in [-0.39, 0.29) is 5.56 Å². The van der Waals surface area contributed by atoms with E-state index in [0.717, 1.165) is 31.4 Å². The molecular formula is C21H19ClN4OS. The quantitative estimate of drug-likeness (QED) is 0.537. The number of benzene rings is 2. The first-order chi connectivity index (χ1) is 13.7. The summed E-state index contributed by atoms with van der Waals surface area (Å²) in [6, 6.07) is 13.5. The fraction of sp³-hybridized carbons (Fsp3) is 0.286. The average molecular weight is 411 g/mol. The largest absolute Gasteiger partial charge is 0.309 e. The smallest absolute Gasteiger partial charge is 0.258 e. The molecule has 1 atom stereocenters. The Morgan fingerprint density at radius 2 is 2.07 bits per heavy atom. The monoisotopic (exact) mass is 410 g/mol. The molecule has 5 rings (SSSR count). The first-order valence-electron chi connectivity index (χ1n) is 9.42. The van der Waals surface area contributed by atoms with E-state index in [4.69, 9.17) is 16.6 Å². The van der Waals surface area contributed by atoms with E-state index in [2.05, 4.69) is 33.1 Å². The number of rotatable bonds is 3. The third kappa shape index (κ3) is 3.43. The van der Waals surface area contributed by atoms with Gasteiger partial charge in [0.05, 0.1) is 32.7 Å². The molecule has 1 N–H and O–H groups in total. The van der Waals surface area contributed by atoms with Crippen LogP contribution in [0.15, 0.2) is 47.3 Å². The minimum Gasteiger partial charge on any atom is -0.309 e. The van der Waals surface area contributed by atoms with Crippen LogP contribution in [0, 0.1) is 0 Å². The Labute approximate surface area is 171 Å². The highest BCUT2D eigenvalue weighted by Crippen LogP contribution is 2.33. The van der Waals surface area contributed by atoms with E-state index >= 15 is 0 Å². The summed E-state index contributed by atoms with van der Waals surface area (Å²) in [4.78, 5) is 27.1. The Balaban J connectivity index is 1.38. The van der Waals surface area contributed by atoms with Crippen molar-refractivity contribution >= 4 is 44.1 Å². The fourth-order valence-corrected chi connectivity index (χ4v) is 5.17. The van der Waals surface area contributed by atoms with Crippen LogP contribution < -0.4 is 5.56 Å². The van der Waals surface area contributed by atoms with Gasteiger partial charge < -0.3 is 4.98 Å². The number of para-hydroxylation sites is 1. The van der Waals surface area contributed by atoms with E-state index in [1.165, 1.54) is 9.71 Å². The van der Waals surface area contributed by atoms with Crippen LogP contribution in [0.5, 0.6) is 0 Å². The maximum atomic E-state index is 12.4. The zero-order valence-electron chi connectivity index (χ0n) is 15.2. The molecule has 1 unspecified atom stereocenters. The van der Waals surface area contributed by atoms with Crippen molar-refractivity contribution < 1.29 is 0 Å². The highest BCUT2D eigenvalue weighted by atomic mass is 35.5. The summed E-state index contributed by atoms with van der Waals surface area (Å²) in [7, 11) is 0. The number of hydrogen-bond acceptors (Lipinski definition) is 5. The fourth-order valence-electron chi connectivity index (χ4n) is 3.91. The number of nitrogens with zero attached hydrogens (tertiary/aromatic N) is 3. The summed E-state index contributed by atoms with van der Waals surface area (Å²) >= 11 is 7.86. The Bertz CT molecular complexity index is 1180. The van der Waals surface area contributed by atoms with Gasteiger partial charge in [0, 0.05) is 17.5 Å². The van der Waals surface area contributed by atoms with Crippen LogP contribution in [0.3, 0.4) is 0 Å². The molecule has 0 saturated carbocycles. The lowest BCUT2D eigenvalue weighted by Gasteiger charge is -2.31. The van der Waals surface area contributed by atoms with E-state index in [0.29, 0.717) is 34.2 Å². The summed E-state index contributed by atoms with van der Waals surface area (Å²) in [6.07, 6.45) is 2.26. The molecule has 4 aromatic rings. The summed E-state index contributed by atoms with van der Waals surface area (Å²) in [6.45, 7) is 2.55. The predicted octanol–water partition coefficient (Wildman–Crippen LogP) is 4.57. The number of hydrogen-bond donors (Lipinski definition) is 1. The Morgan fingerprint density at radius 3 is 2.96 bits per heavy atom. The van der Waals surface area contributed by atoms with Crippen LogP contribution >= 0.6 is 22.9 Å². The Kier molecular flexibility index (Phi) is 4.62. The maximum absolute atomic E-state index is 12.4. The van der Waals surface area contributed by atoms with Crippen molar-refractivity contribution in [1.82, 2.24) is 19.9 Å². The third-order valence-corrected chi connectivity index (χ3v) is 6.69. The van der Waals surface area contributed by atoms with Gasteiger partial charge in [-0.05, 0) is 49.7 Å². The molecule has 0 spiro atoms. The molecule has 2 aromatic heterocycles. The van der Waals surface area contributed by atoms with Crippen LogP contribution in [0.25, 0.3) is 21.1 Å². The number of aromatic amines is 1. The van der Waals surface area contributed by atoms with Gasteiger partial charge in [-0.25, -0.2) is 9.97 Å². The van der Waals surface area contributed by atoms with Gasteiger partial charge in [0.25, 0.3) is 5.56 Å². The molecule has 3 heterocycles. The Hall–Kier alpha value is -2.28. The molecule has 1 fully saturated rings. The van der Waals surface area contributed by atoms with Gasteiger partial charge in [-0.2, -0.15) is 0 Å². The number of H-pyrrole nitrogens is 1. The SMILES string of the molecule is O=c1[nH]c(CN2CCCC(c3nc4ccccc4s3)C2)nc2cc(Cl)ccc12. The summed E-state index contributed by atoms with van der Waals surface area (Å²) in [5, 5.41) is 2.36. The molecule has 0 aliphatic carbocycles. The highest BCUT2D eigenvalue weighted by molar-refractivity contribution is 7.18. The summed E-state index contributed by atoms with van der Waals surface area (Å²) in [5.74, 6) is 1.11. The molecule has 1 aliphatic heterocycles. The van der Waals surface area contributed by atoms with Gasteiger partial charge in [0.1, 0.15) is 5.82 Å². The lowest BCUT2D eigenvalue weighted by atomic mass is 9.99. The predicted molar refractivity (Wildman–Crippen MR) is 114 cm³/mol. The molecule has 1 aliphatic rings. The number of piperidine rings is 1. The van der Waals surface area contributed by atoms with Crippen LogP contribution in [-0.4, -0.2) is 32.9 Å². The molecule has 7 heteroatoms. The third-order valence-electron chi connectivity index (χ3n) is 5.26. The second-order valence-corrected chi connectivity index (χ2v) is 8.77. The van der Waals surface area contributed by atoms with Crippen LogP contribution in [0.2, 0.25) is 5.02 Å². The first-order valence-corrected chi connectivity index (χ1v) is 10.6. The van der Waals surface area contributed by atoms with Crippen molar-refractivity contribution in [2.24, 2.45) is 0 Å². The second-order valence-electron chi connectivity index (χ2n) is 7.27. The van der Waals surface area contributed by atoms with Crippen molar-refractivity contribution in [2.45, 2.75) is 25.3 Å². The maximum Gasteiger partial charge on any atom is 0.258 e. The van der Waals surface area contributed by atoms with Crippen LogP contribution in [-0.2, 0) is 6.54 Å². The number of fused-ring (bicyclic) bond motifs is 2. The number of thiazole rings is 1.